The summed E-state index contributed by atoms with van der Waals surface area (Å²) < 4.78 is 29.4. The Kier molecular flexibility index (Phi) is 6.57. The monoisotopic (exact) mass is 450 g/mol. The fourth-order valence-corrected chi connectivity index (χ4v) is 5.75. The summed E-state index contributed by atoms with van der Waals surface area (Å²) in [6, 6.07) is 6.32. The van der Waals surface area contributed by atoms with Crippen LogP contribution in [0.4, 0.5) is 5.00 Å². The fraction of sp³-hybridized carbons (Fsp3) is 0.350. The number of rotatable bonds is 8. The molecule has 0 saturated carbocycles. The van der Waals surface area contributed by atoms with Crippen molar-refractivity contribution in [3.8, 4) is 0 Å². The molecule has 1 aromatic heterocycles. The van der Waals surface area contributed by atoms with Gasteiger partial charge in [-0.25, -0.2) is 8.42 Å². The third-order valence-electron chi connectivity index (χ3n) is 4.74. The number of amides is 2. The van der Waals surface area contributed by atoms with Crippen LogP contribution < -0.4 is 11.1 Å². The SMILES string of the molecule is Cc1ccc(S(=O)(=O)CCC(=O)OCC(=O)Nc2sc3c(c2C(N)=O)CCC3)cc1. The molecule has 30 heavy (non-hydrogen) atoms. The molecule has 0 unspecified atom stereocenters. The Morgan fingerprint density at radius 3 is 2.53 bits per heavy atom. The van der Waals surface area contributed by atoms with E-state index in [1.165, 1.54) is 23.5 Å². The largest absolute Gasteiger partial charge is 0.456 e. The average Bonchev–Trinajstić information content (AvgIpc) is 3.25. The highest BCUT2D eigenvalue weighted by Gasteiger charge is 2.26. The van der Waals surface area contributed by atoms with Crippen molar-refractivity contribution in [2.75, 3.05) is 17.7 Å². The summed E-state index contributed by atoms with van der Waals surface area (Å²) >= 11 is 1.30. The molecule has 10 heteroatoms. The van der Waals surface area contributed by atoms with Gasteiger partial charge in [-0.05, 0) is 43.9 Å². The number of nitrogens with one attached hydrogen (secondary N) is 1. The van der Waals surface area contributed by atoms with Crippen LogP contribution in [0.3, 0.4) is 0 Å². The Labute approximate surface area is 178 Å². The van der Waals surface area contributed by atoms with E-state index in [0.717, 1.165) is 35.3 Å². The molecule has 0 atom stereocenters. The maximum Gasteiger partial charge on any atom is 0.307 e. The van der Waals surface area contributed by atoms with E-state index in [1.807, 2.05) is 6.92 Å². The Morgan fingerprint density at radius 1 is 1.17 bits per heavy atom. The number of hydrogen-bond acceptors (Lipinski definition) is 7. The predicted octanol–water partition coefficient (Wildman–Crippen LogP) is 1.99. The zero-order chi connectivity index (χ0) is 21.9. The lowest BCUT2D eigenvalue weighted by molar-refractivity contribution is -0.146. The van der Waals surface area contributed by atoms with Crippen LogP contribution in [0.2, 0.25) is 0 Å². The van der Waals surface area contributed by atoms with E-state index >= 15 is 0 Å². The summed E-state index contributed by atoms with van der Waals surface area (Å²) in [6.07, 6.45) is 2.15. The number of thiophene rings is 1. The summed E-state index contributed by atoms with van der Waals surface area (Å²) in [5, 5.41) is 2.92. The van der Waals surface area contributed by atoms with Crippen LogP contribution in [0, 0.1) is 6.92 Å². The lowest BCUT2D eigenvalue weighted by Crippen LogP contribution is -2.23. The number of carbonyl (C=O) groups excluding carboxylic acids is 3. The molecule has 0 bridgehead atoms. The first-order valence-electron chi connectivity index (χ1n) is 9.36. The van der Waals surface area contributed by atoms with Gasteiger partial charge in [-0.15, -0.1) is 11.3 Å². The maximum absolute atomic E-state index is 12.3. The first-order chi connectivity index (χ1) is 14.2. The number of benzene rings is 1. The summed E-state index contributed by atoms with van der Waals surface area (Å²) in [6.45, 7) is 1.26. The van der Waals surface area contributed by atoms with Crippen LogP contribution in [0.5, 0.6) is 0 Å². The van der Waals surface area contributed by atoms with Gasteiger partial charge in [-0.3, -0.25) is 14.4 Å². The van der Waals surface area contributed by atoms with E-state index in [2.05, 4.69) is 5.32 Å². The van der Waals surface area contributed by atoms with Gasteiger partial charge in [0.2, 0.25) is 0 Å². The molecule has 3 rings (SSSR count). The molecule has 1 aromatic carbocycles. The van der Waals surface area contributed by atoms with Gasteiger partial charge in [-0.2, -0.15) is 0 Å². The van der Waals surface area contributed by atoms with Crippen LogP contribution in [0.1, 0.15) is 39.2 Å². The van der Waals surface area contributed by atoms with Gasteiger partial charge >= 0.3 is 5.97 Å². The Balaban J connectivity index is 1.51. The van der Waals surface area contributed by atoms with Gasteiger partial charge in [0, 0.05) is 4.88 Å². The van der Waals surface area contributed by atoms with Crippen molar-refractivity contribution in [3.05, 3.63) is 45.8 Å². The topological polar surface area (TPSA) is 133 Å². The van der Waals surface area contributed by atoms with E-state index in [0.29, 0.717) is 10.6 Å². The van der Waals surface area contributed by atoms with Gasteiger partial charge in [0.05, 0.1) is 22.6 Å². The second kappa shape index (κ2) is 8.97. The number of esters is 1. The number of fused-ring (bicyclic) bond motifs is 1. The van der Waals surface area contributed by atoms with Gasteiger partial charge in [0.15, 0.2) is 16.4 Å². The zero-order valence-electron chi connectivity index (χ0n) is 16.4. The molecule has 0 radical (unpaired) electrons. The van der Waals surface area contributed by atoms with Gasteiger partial charge in [0.1, 0.15) is 5.00 Å². The Bertz CT molecular complexity index is 1090. The van der Waals surface area contributed by atoms with Crippen LogP contribution in [0.15, 0.2) is 29.2 Å². The van der Waals surface area contributed by atoms with E-state index in [9.17, 15) is 22.8 Å². The number of carbonyl (C=O) groups is 3. The van der Waals surface area contributed by atoms with Crippen LogP contribution in [-0.4, -0.2) is 38.6 Å². The quantitative estimate of drug-likeness (QED) is 0.591. The van der Waals surface area contributed by atoms with Crippen molar-refractivity contribution in [2.24, 2.45) is 5.73 Å². The molecule has 8 nitrogen and oxygen atoms in total. The molecule has 0 fully saturated rings. The molecule has 160 valence electrons. The molecule has 3 N–H and O–H groups in total. The number of ether oxygens (including phenoxy) is 1. The van der Waals surface area contributed by atoms with Crippen LogP contribution in [-0.2, 0) is 37.0 Å². The first kappa shape index (κ1) is 22.0. The highest BCUT2D eigenvalue weighted by Crippen LogP contribution is 2.38. The highest BCUT2D eigenvalue weighted by molar-refractivity contribution is 7.91. The Hall–Kier alpha value is -2.72. The Morgan fingerprint density at radius 2 is 1.87 bits per heavy atom. The highest BCUT2D eigenvalue weighted by atomic mass is 32.2. The van der Waals surface area contributed by atoms with Crippen LogP contribution >= 0.6 is 11.3 Å². The third-order valence-corrected chi connectivity index (χ3v) is 7.68. The minimum atomic E-state index is -3.62. The third kappa shape index (κ3) is 5.06. The summed E-state index contributed by atoms with van der Waals surface area (Å²) in [5.41, 5.74) is 7.56. The number of sulfone groups is 1. The van der Waals surface area contributed by atoms with Gasteiger partial charge in [0.25, 0.3) is 11.8 Å². The smallest absolute Gasteiger partial charge is 0.307 e. The van der Waals surface area contributed by atoms with E-state index in [4.69, 9.17) is 10.5 Å². The summed E-state index contributed by atoms with van der Waals surface area (Å²) in [4.78, 5) is 36.9. The maximum atomic E-state index is 12.3. The molecule has 0 aliphatic heterocycles. The number of primary amides is 1. The molecule has 1 heterocycles. The van der Waals surface area contributed by atoms with Crippen LogP contribution in [0.25, 0.3) is 0 Å². The zero-order valence-corrected chi connectivity index (χ0v) is 18.0. The molecule has 1 aliphatic rings. The molecule has 0 spiro atoms. The van der Waals surface area contributed by atoms with Crippen molar-refractivity contribution < 1.29 is 27.5 Å². The standard InChI is InChI=1S/C20H22N2O6S2/c1-12-5-7-13(8-6-12)30(26,27)10-9-17(24)28-11-16(23)22-20-18(19(21)25)14-3-2-4-15(14)29-20/h5-8H,2-4,9-11H2,1H3,(H2,21,25)(H,22,23). The summed E-state index contributed by atoms with van der Waals surface area (Å²) in [5.74, 6) is -2.44. The lowest BCUT2D eigenvalue weighted by atomic mass is 10.1. The normalized spacial score (nSPS) is 13.0. The number of aryl methyl sites for hydroxylation is 2. The van der Waals surface area contributed by atoms with E-state index in [-0.39, 0.29) is 11.3 Å². The van der Waals surface area contributed by atoms with Gasteiger partial charge in [-0.1, -0.05) is 17.7 Å². The number of nitrogens with two attached hydrogens (primary N) is 1. The minimum Gasteiger partial charge on any atom is -0.456 e. The van der Waals surface area contributed by atoms with Crippen molar-refractivity contribution >= 4 is 44.0 Å². The van der Waals surface area contributed by atoms with E-state index in [1.54, 1.807) is 12.1 Å². The molecular weight excluding hydrogens is 428 g/mol. The van der Waals surface area contributed by atoms with Crippen molar-refractivity contribution in [1.29, 1.82) is 0 Å². The molecule has 2 aromatic rings. The lowest BCUT2D eigenvalue weighted by Gasteiger charge is -2.08. The van der Waals surface area contributed by atoms with Crippen molar-refractivity contribution in [3.63, 3.8) is 0 Å². The molecular formula is C20H22N2O6S2. The van der Waals surface area contributed by atoms with Crippen molar-refractivity contribution in [2.45, 2.75) is 37.5 Å². The first-order valence-corrected chi connectivity index (χ1v) is 11.8. The fourth-order valence-electron chi connectivity index (χ4n) is 3.22. The van der Waals surface area contributed by atoms with Crippen molar-refractivity contribution in [1.82, 2.24) is 0 Å². The molecule has 1 aliphatic carbocycles. The minimum absolute atomic E-state index is 0.128. The number of hydrogen-bond donors (Lipinski definition) is 2. The average molecular weight is 451 g/mol. The second-order valence-electron chi connectivity index (χ2n) is 7.02. The predicted molar refractivity (Wildman–Crippen MR) is 112 cm³/mol. The molecule has 0 saturated heterocycles. The second-order valence-corrected chi connectivity index (χ2v) is 10.2. The number of anilines is 1. The summed E-state index contributed by atoms with van der Waals surface area (Å²) in [7, 11) is -3.62. The van der Waals surface area contributed by atoms with E-state index < -0.39 is 40.0 Å². The van der Waals surface area contributed by atoms with Gasteiger partial charge < -0.3 is 15.8 Å². The molecule has 2 amide bonds.